The molecule has 0 radical (unpaired) electrons. The number of nitrogens with one attached hydrogen (secondary N) is 1. The van der Waals surface area contributed by atoms with Gasteiger partial charge in [-0.25, -0.2) is 10.1 Å². The van der Waals surface area contributed by atoms with Gasteiger partial charge in [-0.05, 0) is 6.07 Å². The molecule has 0 aliphatic carbocycles. The predicted octanol–water partition coefficient (Wildman–Crippen LogP) is 0.910. The summed E-state index contributed by atoms with van der Waals surface area (Å²) < 4.78 is 1.91. The second kappa shape index (κ2) is 4.39. The molecule has 15 heavy (non-hydrogen) atoms. The third-order valence-corrected chi connectivity index (χ3v) is 2.48. The van der Waals surface area contributed by atoms with Gasteiger partial charge in [-0.1, -0.05) is 15.9 Å². The van der Waals surface area contributed by atoms with Crippen molar-refractivity contribution in [3.8, 4) is 0 Å². The molecule has 6 heteroatoms. The number of aromatic amines is 1. The zero-order valence-electron chi connectivity index (χ0n) is 7.85. The number of hydrogen-bond acceptors (Lipinski definition) is 3. The van der Waals surface area contributed by atoms with E-state index in [4.69, 9.17) is 0 Å². The Morgan fingerprint density at radius 2 is 2.27 bits per heavy atom. The monoisotopic (exact) mass is 268 g/mol. The van der Waals surface area contributed by atoms with Crippen LogP contribution in [0.4, 0.5) is 0 Å². The van der Waals surface area contributed by atoms with Crippen molar-refractivity contribution in [2.24, 2.45) is 0 Å². The van der Waals surface area contributed by atoms with E-state index in [-0.39, 0.29) is 5.56 Å². The number of alkyl halides is 1. The minimum atomic E-state index is -0.189. The Kier molecular flexibility index (Phi) is 2.96. The normalized spacial score (nSPS) is 10.5. The molecule has 0 aliphatic heterocycles. The largest absolute Gasteiger partial charge is 0.331 e. The van der Waals surface area contributed by atoms with Crippen molar-refractivity contribution < 1.29 is 0 Å². The smallest absolute Gasteiger partial charge is 0.264 e. The van der Waals surface area contributed by atoms with Crippen LogP contribution in [0.2, 0.25) is 0 Å². The summed E-state index contributed by atoms with van der Waals surface area (Å²) in [5.41, 5.74) is 1.58. The predicted molar refractivity (Wildman–Crippen MR) is 58.8 cm³/mol. The highest BCUT2D eigenvalue weighted by atomic mass is 79.9. The first kappa shape index (κ1) is 10.1. The number of halogens is 1. The van der Waals surface area contributed by atoms with Crippen LogP contribution in [0.15, 0.2) is 29.5 Å². The molecule has 5 nitrogen and oxygen atoms in total. The molecule has 0 unspecified atom stereocenters. The highest BCUT2D eigenvalue weighted by Crippen LogP contribution is 2.03. The topological polar surface area (TPSA) is 63.6 Å². The van der Waals surface area contributed by atoms with E-state index in [1.807, 2.05) is 10.8 Å². The summed E-state index contributed by atoms with van der Waals surface area (Å²) in [7, 11) is 0. The molecular formula is C9H9BrN4O. The fourth-order valence-electron chi connectivity index (χ4n) is 1.21. The van der Waals surface area contributed by atoms with Crippen LogP contribution >= 0.6 is 15.9 Å². The molecule has 0 atom stereocenters. The Morgan fingerprint density at radius 1 is 1.40 bits per heavy atom. The van der Waals surface area contributed by atoms with E-state index < -0.39 is 0 Å². The molecular weight excluding hydrogens is 260 g/mol. The zero-order chi connectivity index (χ0) is 10.7. The average molecular weight is 269 g/mol. The first-order valence-corrected chi connectivity index (χ1v) is 5.51. The molecule has 0 aromatic carbocycles. The van der Waals surface area contributed by atoms with Gasteiger partial charge < -0.3 is 4.57 Å². The van der Waals surface area contributed by atoms with Crippen LogP contribution in [0.25, 0.3) is 0 Å². The summed E-state index contributed by atoms with van der Waals surface area (Å²) in [4.78, 5) is 14.9. The van der Waals surface area contributed by atoms with Crippen molar-refractivity contribution in [2.45, 2.75) is 11.9 Å². The van der Waals surface area contributed by atoms with Gasteiger partial charge in [0, 0.05) is 17.6 Å². The molecule has 0 saturated heterocycles. The number of hydrogen-bond donors (Lipinski definition) is 1. The standard InChI is InChI=1S/C9H9BrN4O/c10-3-8-5-14(6-11-8)4-7-1-2-9(15)13-12-7/h1-2,5-6H,3-4H2,(H,13,15). The van der Waals surface area contributed by atoms with Crippen LogP contribution in [0.3, 0.4) is 0 Å². The molecule has 2 aromatic rings. The molecule has 2 rings (SSSR count). The summed E-state index contributed by atoms with van der Waals surface area (Å²) in [6, 6.07) is 3.16. The SMILES string of the molecule is O=c1ccc(Cn2cnc(CBr)c2)n[nH]1. The highest BCUT2D eigenvalue weighted by molar-refractivity contribution is 9.08. The molecule has 0 bridgehead atoms. The van der Waals surface area contributed by atoms with Gasteiger partial charge in [0.25, 0.3) is 5.56 Å². The maximum Gasteiger partial charge on any atom is 0.264 e. The minimum Gasteiger partial charge on any atom is -0.331 e. The quantitative estimate of drug-likeness (QED) is 0.842. The van der Waals surface area contributed by atoms with Crippen molar-refractivity contribution in [2.75, 3.05) is 0 Å². The molecule has 0 saturated carbocycles. The van der Waals surface area contributed by atoms with Gasteiger partial charge in [0.15, 0.2) is 0 Å². The fraction of sp³-hybridized carbons (Fsp3) is 0.222. The van der Waals surface area contributed by atoms with E-state index in [0.29, 0.717) is 6.54 Å². The molecule has 0 fully saturated rings. The Morgan fingerprint density at radius 3 is 2.87 bits per heavy atom. The first-order chi connectivity index (χ1) is 7.28. The summed E-state index contributed by atoms with van der Waals surface area (Å²) in [5.74, 6) is 0. The van der Waals surface area contributed by atoms with Crippen molar-refractivity contribution in [3.05, 3.63) is 46.4 Å². The Balaban J connectivity index is 2.14. The maximum absolute atomic E-state index is 10.8. The molecule has 0 amide bonds. The number of aromatic nitrogens is 4. The van der Waals surface area contributed by atoms with Crippen LogP contribution in [0.1, 0.15) is 11.4 Å². The highest BCUT2D eigenvalue weighted by Gasteiger charge is 1.99. The van der Waals surface area contributed by atoms with Crippen molar-refractivity contribution >= 4 is 15.9 Å². The van der Waals surface area contributed by atoms with Crippen molar-refractivity contribution in [3.63, 3.8) is 0 Å². The zero-order valence-corrected chi connectivity index (χ0v) is 9.44. The molecule has 78 valence electrons. The van der Waals surface area contributed by atoms with Crippen molar-refractivity contribution in [1.29, 1.82) is 0 Å². The summed E-state index contributed by atoms with van der Waals surface area (Å²) in [6.07, 6.45) is 3.67. The Bertz CT molecular complexity index is 484. The summed E-state index contributed by atoms with van der Waals surface area (Å²) in [6.45, 7) is 0.608. The lowest BCUT2D eigenvalue weighted by Gasteiger charge is -1.99. The lowest BCUT2D eigenvalue weighted by molar-refractivity contribution is 0.747. The van der Waals surface area contributed by atoms with Crippen molar-refractivity contribution in [1.82, 2.24) is 19.7 Å². The number of nitrogens with zero attached hydrogens (tertiary/aromatic N) is 3. The van der Waals surface area contributed by atoms with E-state index in [2.05, 4.69) is 31.1 Å². The van der Waals surface area contributed by atoms with Crippen LogP contribution in [-0.4, -0.2) is 19.7 Å². The maximum atomic E-state index is 10.8. The number of imidazole rings is 1. The molecule has 2 aromatic heterocycles. The summed E-state index contributed by atoms with van der Waals surface area (Å²) in [5, 5.41) is 7.04. The van der Waals surface area contributed by atoms with Crippen LogP contribution in [0, 0.1) is 0 Å². The van der Waals surface area contributed by atoms with E-state index in [9.17, 15) is 4.79 Å². The van der Waals surface area contributed by atoms with Crippen LogP contribution in [-0.2, 0) is 11.9 Å². The van der Waals surface area contributed by atoms with Crippen LogP contribution in [0.5, 0.6) is 0 Å². The summed E-state index contributed by atoms with van der Waals surface area (Å²) >= 11 is 3.33. The van der Waals surface area contributed by atoms with Gasteiger partial charge in [-0.3, -0.25) is 4.79 Å². The number of rotatable bonds is 3. The molecule has 0 spiro atoms. The fourth-order valence-corrected chi connectivity index (χ4v) is 1.50. The third kappa shape index (κ3) is 2.53. The van der Waals surface area contributed by atoms with E-state index in [0.717, 1.165) is 16.7 Å². The lowest BCUT2D eigenvalue weighted by atomic mass is 10.4. The van der Waals surface area contributed by atoms with Gasteiger partial charge >= 0.3 is 0 Å². The molecule has 0 aliphatic rings. The Hall–Kier alpha value is -1.43. The van der Waals surface area contributed by atoms with Gasteiger partial charge in [0.05, 0.1) is 24.3 Å². The lowest BCUT2D eigenvalue weighted by Crippen LogP contribution is -2.09. The second-order valence-corrected chi connectivity index (χ2v) is 3.64. The van der Waals surface area contributed by atoms with Gasteiger partial charge in [-0.15, -0.1) is 0 Å². The van der Waals surface area contributed by atoms with Crippen LogP contribution < -0.4 is 5.56 Å². The van der Waals surface area contributed by atoms with E-state index in [1.54, 1.807) is 12.4 Å². The molecule has 2 heterocycles. The average Bonchev–Trinajstić information content (AvgIpc) is 2.69. The van der Waals surface area contributed by atoms with Gasteiger partial charge in [0.1, 0.15) is 0 Å². The van der Waals surface area contributed by atoms with Gasteiger partial charge in [-0.2, -0.15) is 5.10 Å². The molecule has 1 N–H and O–H groups in total. The van der Waals surface area contributed by atoms with Gasteiger partial charge in [0.2, 0.25) is 0 Å². The Labute approximate surface area is 94.3 Å². The van der Waals surface area contributed by atoms with E-state index >= 15 is 0 Å². The second-order valence-electron chi connectivity index (χ2n) is 3.08. The van der Waals surface area contributed by atoms with E-state index in [1.165, 1.54) is 6.07 Å². The third-order valence-electron chi connectivity index (χ3n) is 1.91. The minimum absolute atomic E-state index is 0.189. The first-order valence-electron chi connectivity index (χ1n) is 4.39. The number of H-pyrrole nitrogens is 1.